The van der Waals surface area contributed by atoms with Crippen LogP contribution in [0.1, 0.15) is 18.1 Å². The number of rotatable bonds is 6. The van der Waals surface area contributed by atoms with Gasteiger partial charge in [-0.3, -0.25) is 9.59 Å². The van der Waals surface area contributed by atoms with E-state index in [1.165, 1.54) is 11.8 Å². The van der Waals surface area contributed by atoms with Gasteiger partial charge in [0.05, 0.1) is 17.5 Å². The van der Waals surface area contributed by atoms with Gasteiger partial charge in [0.25, 0.3) is 0 Å². The first-order chi connectivity index (χ1) is 12.7. The number of anilines is 1. The van der Waals surface area contributed by atoms with Gasteiger partial charge >= 0.3 is 0 Å². The Morgan fingerprint density at radius 2 is 1.78 bits per heavy atom. The molecule has 4 nitrogen and oxygen atoms in total. The van der Waals surface area contributed by atoms with Gasteiger partial charge in [0.1, 0.15) is 0 Å². The maximum Gasteiger partial charge on any atom is 0.243 e. The van der Waals surface area contributed by atoms with Gasteiger partial charge in [0.2, 0.25) is 11.8 Å². The minimum absolute atomic E-state index is 0.374. The normalized spacial score (nSPS) is 11.8. The molecule has 0 saturated carbocycles. The van der Waals surface area contributed by atoms with E-state index in [1.54, 1.807) is 6.92 Å². The third-order valence-corrected chi connectivity index (χ3v) is 5.02. The van der Waals surface area contributed by atoms with Crippen molar-refractivity contribution in [3.63, 3.8) is 0 Å². The van der Waals surface area contributed by atoms with Crippen LogP contribution in [0.2, 0.25) is 0 Å². The summed E-state index contributed by atoms with van der Waals surface area (Å²) in [5, 5.41) is 4.07. The number of carbonyl (C=O) groups excluding carboxylic acids is 2. The van der Waals surface area contributed by atoms with E-state index in [4.69, 9.17) is 0 Å². The second-order valence-corrected chi connectivity index (χ2v) is 7.40. The number of amides is 2. The first-order valence-electron chi connectivity index (χ1n) is 8.14. The quantitative estimate of drug-likeness (QED) is 0.574. The Bertz CT molecular complexity index is 874. The third kappa shape index (κ3) is 5.50. The van der Waals surface area contributed by atoms with Gasteiger partial charge in [-0.1, -0.05) is 17.7 Å². The molecule has 1 unspecified atom stereocenters. The predicted octanol–water partition coefficient (Wildman–Crippen LogP) is 3.96. The lowest BCUT2D eigenvalue weighted by Gasteiger charge is -2.14. The Hall–Kier alpha value is -2.48. The van der Waals surface area contributed by atoms with Gasteiger partial charge in [-0.05, 0) is 44.5 Å². The van der Waals surface area contributed by atoms with Gasteiger partial charge < -0.3 is 10.6 Å². The molecule has 0 saturated heterocycles. The van der Waals surface area contributed by atoms with E-state index in [-0.39, 0.29) is 5.91 Å². The summed E-state index contributed by atoms with van der Waals surface area (Å²) >= 11 is 1.35. The van der Waals surface area contributed by atoms with E-state index in [0.717, 1.165) is 22.1 Å². The highest BCUT2D eigenvalue weighted by Gasteiger charge is 2.18. The number of halogens is 3. The maximum absolute atomic E-state index is 13.5. The standard InChI is InChI=1S/C19H19F3N2O2S/c1-10-4-7-15(11(2)8-10)27-12(3)19(26)23-9-16(25)24-14-6-5-13(20)17(21)18(14)22/h4-8,12H,9H2,1-3H3,(H,23,26)(H,24,25). The number of thioether (sulfide) groups is 1. The van der Waals surface area contributed by atoms with Crippen LogP contribution in [0.3, 0.4) is 0 Å². The van der Waals surface area contributed by atoms with Gasteiger partial charge in [-0.2, -0.15) is 0 Å². The molecule has 144 valence electrons. The van der Waals surface area contributed by atoms with Crippen molar-refractivity contribution >= 4 is 29.3 Å². The Morgan fingerprint density at radius 1 is 1.07 bits per heavy atom. The molecule has 2 N–H and O–H groups in total. The van der Waals surface area contributed by atoms with E-state index in [0.29, 0.717) is 6.07 Å². The number of nitrogens with one attached hydrogen (secondary N) is 2. The highest BCUT2D eigenvalue weighted by atomic mass is 32.2. The molecule has 2 amide bonds. The number of aryl methyl sites for hydroxylation is 2. The zero-order chi connectivity index (χ0) is 20.1. The van der Waals surface area contributed by atoms with E-state index < -0.39 is 40.8 Å². The van der Waals surface area contributed by atoms with E-state index >= 15 is 0 Å². The molecular formula is C19H19F3N2O2S. The van der Waals surface area contributed by atoms with Gasteiger partial charge in [0, 0.05) is 4.90 Å². The number of hydrogen-bond donors (Lipinski definition) is 2. The molecule has 0 bridgehead atoms. The van der Waals surface area contributed by atoms with Crippen molar-refractivity contribution in [2.75, 3.05) is 11.9 Å². The molecule has 0 heterocycles. The minimum Gasteiger partial charge on any atom is -0.346 e. The molecule has 0 aliphatic carbocycles. The van der Waals surface area contributed by atoms with Crippen molar-refractivity contribution in [3.8, 4) is 0 Å². The lowest BCUT2D eigenvalue weighted by molar-refractivity contribution is -0.123. The molecule has 0 aromatic heterocycles. The van der Waals surface area contributed by atoms with Gasteiger partial charge in [0.15, 0.2) is 17.5 Å². The summed E-state index contributed by atoms with van der Waals surface area (Å²) in [7, 11) is 0. The zero-order valence-corrected chi connectivity index (χ0v) is 15.8. The molecule has 0 radical (unpaired) electrons. The molecule has 0 aliphatic heterocycles. The van der Waals surface area contributed by atoms with Crippen LogP contribution in [0.15, 0.2) is 35.2 Å². The summed E-state index contributed by atoms with van der Waals surface area (Å²) in [6, 6.07) is 7.50. The molecule has 1 atom stereocenters. The van der Waals surface area contributed by atoms with Crippen LogP contribution in [0.4, 0.5) is 18.9 Å². The summed E-state index contributed by atoms with van der Waals surface area (Å²) in [5.74, 6) is -5.64. The molecule has 0 aliphatic rings. The SMILES string of the molecule is Cc1ccc(SC(C)C(=O)NCC(=O)Nc2ccc(F)c(F)c2F)c(C)c1. The highest BCUT2D eigenvalue weighted by Crippen LogP contribution is 2.27. The van der Waals surface area contributed by atoms with E-state index in [1.807, 2.05) is 32.0 Å². The first kappa shape index (κ1) is 20.8. The van der Waals surface area contributed by atoms with Crippen LogP contribution in [0.25, 0.3) is 0 Å². The van der Waals surface area contributed by atoms with E-state index in [2.05, 4.69) is 10.6 Å². The van der Waals surface area contributed by atoms with Crippen molar-refractivity contribution in [2.24, 2.45) is 0 Å². The lowest BCUT2D eigenvalue weighted by Crippen LogP contribution is -2.37. The smallest absolute Gasteiger partial charge is 0.243 e. The zero-order valence-electron chi connectivity index (χ0n) is 15.0. The highest BCUT2D eigenvalue weighted by molar-refractivity contribution is 8.00. The van der Waals surface area contributed by atoms with Gasteiger partial charge in [-0.15, -0.1) is 11.8 Å². The Kier molecular flexibility index (Phi) is 6.90. The van der Waals surface area contributed by atoms with Crippen LogP contribution >= 0.6 is 11.8 Å². The van der Waals surface area contributed by atoms with Crippen LogP contribution in [0.5, 0.6) is 0 Å². The van der Waals surface area contributed by atoms with Crippen molar-refractivity contribution in [3.05, 3.63) is 58.9 Å². The predicted molar refractivity (Wildman–Crippen MR) is 99.2 cm³/mol. The van der Waals surface area contributed by atoms with Crippen molar-refractivity contribution < 1.29 is 22.8 Å². The molecule has 2 aromatic carbocycles. The fourth-order valence-electron chi connectivity index (χ4n) is 2.30. The molecule has 2 rings (SSSR count). The summed E-state index contributed by atoms with van der Waals surface area (Å²) < 4.78 is 39.6. The molecule has 2 aromatic rings. The monoisotopic (exact) mass is 396 g/mol. The average molecular weight is 396 g/mol. The fraction of sp³-hybridized carbons (Fsp3) is 0.263. The molecule has 0 spiro atoms. The third-order valence-electron chi connectivity index (χ3n) is 3.74. The maximum atomic E-state index is 13.5. The van der Waals surface area contributed by atoms with Gasteiger partial charge in [-0.25, -0.2) is 13.2 Å². The topological polar surface area (TPSA) is 58.2 Å². The number of benzene rings is 2. The van der Waals surface area contributed by atoms with E-state index in [9.17, 15) is 22.8 Å². The Morgan fingerprint density at radius 3 is 2.44 bits per heavy atom. The Balaban J connectivity index is 1.89. The van der Waals surface area contributed by atoms with Crippen LogP contribution in [0, 0.1) is 31.3 Å². The summed E-state index contributed by atoms with van der Waals surface area (Å²) in [6.07, 6.45) is 0. The number of carbonyl (C=O) groups is 2. The average Bonchev–Trinajstić information content (AvgIpc) is 2.62. The van der Waals surface area contributed by atoms with Crippen LogP contribution < -0.4 is 10.6 Å². The minimum atomic E-state index is -1.67. The lowest BCUT2D eigenvalue weighted by atomic mass is 10.2. The van der Waals surface area contributed by atoms with Crippen molar-refractivity contribution in [2.45, 2.75) is 30.9 Å². The van der Waals surface area contributed by atoms with Crippen LogP contribution in [-0.2, 0) is 9.59 Å². The second kappa shape index (κ2) is 8.94. The Labute approximate surface area is 159 Å². The summed E-state index contributed by atoms with van der Waals surface area (Å²) in [5.41, 5.74) is 1.67. The van der Waals surface area contributed by atoms with Crippen LogP contribution in [-0.4, -0.2) is 23.6 Å². The molecule has 0 fully saturated rings. The second-order valence-electron chi connectivity index (χ2n) is 6.02. The van der Waals surface area contributed by atoms with Crippen molar-refractivity contribution in [1.29, 1.82) is 0 Å². The largest absolute Gasteiger partial charge is 0.346 e. The molecule has 27 heavy (non-hydrogen) atoms. The number of hydrogen-bond acceptors (Lipinski definition) is 3. The molecular weight excluding hydrogens is 377 g/mol. The first-order valence-corrected chi connectivity index (χ1v) is 9.02. The fourth-order valence-corrected chi connectivity index (χ4v) is 3.27. The summed E-state index contributed by atoms with van der Waals surface area (Å²) in [6.45, 7) is 5.21. The summed E-state index contributed by atoms with van der Waals surface area (Å²) in [4.78, 5) is 24.9. The molecule has 8 heteroatoms. The van der Waals surface area contributed by atoms with Crippen molar-refractivity contribution in [1.82, 2.24) is 5.32 Å².